The van der Waals surface area contributed by atoms with Crippen molar-refractivity contribution in [3.05, 3.63) is 78.1 Å². The Labute approximate surface area is 200 Å². The van der Waals surface area contributed by atoms with E-state index in [1.165, 1.54) is 0 Å². The Morgan fingerprint density at radius 1 is 1.09 bits per heavy atom. The number of aromatic nitrogens is 7. The number of fused-ring (bicyclic) bond motifs is 1. The highest BCUT2D eigenvalue weighted by molar-refractivity contribution is 5.92. The molecule has 1 aromatic carbocycles. The number of rotatable bonds is 8. The van der Waals surface area contributed by atoms with Crippen LogP contribution in [0.2, 0.25) is 0 Å². The molecule has 0 atom stereocenters. The van der Waals surface area contributed by atoms with Crippen LogP contribution in [-0.2, 0) is 6.54 Å². The Bertz CT molecular complexity index is 1580. The molecule has 35 heavy (non-hydrogen) atoms. The number of imidazole rings is 1. The van der Waals surface area contributed by atoms with Crippen molar-refractivity contribution in [3.63, 3.8) is 0 Å². The third-order valence-electron chi connectivity index (χ3n) is 5.68. The normalized spacial score (nSPS) is 12.6. The molecule has 0 saturated carbocycles. The molecule has 0 N–H and O–H groups in total. The molecule has 4 heterocycles. The van der Waals surface area contributed by atoms with Gasteiger partial charge in [0.2, 0.25) is 11.5 Å². The fourth-order valence-corrected chi connectivity index (χ4v) is 4.03. The van der Waals surface area contributed by atoms with Crippen molar-refractivity contribution in [2.45, 2.75) is 13.5 Å². The maximum Gasteiger partial charge on any atom is 0.311 e. The van der Waals surface area contributed by atoms with Gasteiger partial charge in [-0.25, -0.2) is 4.98 Å². The van der Waals surface area contributed by atoms with Crippen molar-refractivity contribution < 1.29 is 14.0 Å². The van der Waals surface area contributed by atoms with Crippen molar-refractivity contribution in [3.8, 4) is 34.7 Å². The quantitative estimate of drug-likeness (QED) is 0.337. The van der Waals surface area contributed by atoms with Crippen molar-refractivity contribution in [2.24, 2.45) is 0 Å². The topological polar surface area (TPSA) is 105 Å². The second-order valence-electron chi connectivity index (χ2n) is 7.83. The minimum atomic E-state index is 0.297. The molecule has 10 nitrogen and oxygen atoms in total. The lowest BCUT2D eigenvalue weighted by molar-refractivity contribution is 0.226. The molecule has 0 fully saturated rings. The number of methoxy groups -OCH3 is 1. The molecule has 0 amide bonds. The lowest BCUT2D eigenvalue weighted by Crippen LogP contribution is -2.10. The molecule has 1 aliphatic carbocycles. The minimum absolute atomic E-state index is 0.297. The van der Waals surface area contributed by atoms with E-state index in [1.54, 1.807) is 23.9 Å². The number of benzene rings is 1. The highest BCUT2D eigenvalue weighted by Crippen LogP contribution is 2.40. The van der Waals surface area contributed by atoms with Crippen LogP contribution in [0.25, 0.3) is 34.3 Å². The van der Waals surface area contributed by atoms with E-state index in [0.717, 1.165) is 16.7 Å². The molecule has 0 saturated heterocycles. The van der Waals surface area contributed by atoms with Gasteiger partial charge in [0.15, 0.2) is 17.3 Å². The fourth-order valence-electron chi connectivity index (χ4n) is 4.03. The maximum absolute atomic E-state index is 5.86. The molecule has 0 bridgehead atoms. The first-order chi connectivity index (χ1) is 17.3. The van der Waals surface area contributed by atoms with E-state index in [1.807, 2.05) is 49.5 Å². The van der Waals surface area contributed by atoms with Gasteiger partial charge < -0.3 is 18.6 Å². The van der Waals surface area contributed by atoms with Crippen LogP contribution < -0.4 is 9.47 Å². The van der Waals surface area contributed by atoms with Crippen LogP contribution in [-0.4, -0.2) is 48.2 Å². The SMILES string of the molecule is CCOc1cc(-c2nnc3c(OC)c(C4=CC=C4)c(-c4nccn4Cc4ccccc4)nn23)no1. The Morgan fingerprint density at radius 3 is 2.69 bits per heavy atom. The van der Waals surface area contributed by atoms with Crippen LogP contribution in [0.5, 0.6) is 11.7 Å². The monoisotopic (exact) mass is 467 g/mol. The Hall–Kier alpha value is -4.73. The van der Waals surface area contributed by atoms with Crippen LogP contribution in [0.15, 0.2) is 71.5 Å². The second-order valence-corrected chi connectivity index (χ2v) is 7.83. The predicted octanol–water partition coefficient (Wildman–Crippen LogP) is 4.05. The van der Waals surface area contributed by atoms with Gasteiger partial charge in [0.05, 0.1) is 25.3 Å². The molecule has 4 aromatic heterocycles. The molecule has 5 aromatic rings. The third-order valence-corrected chi connectivity index (χ3v) is 5.68. The first kappa shape index (κ1) is 20.8. The molecule has 0 spiro atoms. The lowest BCUT2D eigenvalue weighted by Gasteiger charge is -2.18. The van der Waals surface area contributed by atoms with Crippen molar-refractivity contribution in [2.75, 3.05) is 13.7 Å². The summed E-state index contributed by atoms with van der Waals surface area (Å²) in [5.41, 5.74) is 4.48. The minimum Gasteiger partial charge on any atom is -0.492 e. The van der Waals surface area contributed by atoms with Crippen LogP contribution in [0.4, 0.5) is 0 Å². The Morgan fingerprint density at radius 2 is 1.94 bits per heavy atom. The zero-order chi connectivity index (χ0) is 23.8. The molecule has 174 valence electrons. The van der Waals surface area contributed by atoms with Gasteiger partial charge in [-0.15, -0.1) is 10.2 Å². The summed E-state index contributed by atoms with van der Waals surface area (Å²) in [5, 5.41) is 17.7. The summed E-state index contributed by atoms with van der Waals surface area (Å²) in [4.78, 5) is 4.67. The van der Waals surface area contributed by atoms with Gasteiger partial charge in [-0.1, -0.05) is 53.7 Å². The van der Waals surface area contributed by atoms with Gasteiger partial charge in [0.1, 0.15) is 5.69 Å². The van der Waals surface area contributed by atoms with E-state index in [0.29, 0.717) is 53.5 Å². The van der Waals surface area contributed by atoms with E-state index in [-0.39, 0.29) is 0 Å². The standard InChI is InChI=1S/C25H21N7O3/c1-3-34-19-14-18(30-35-19)23-27-28-25-22(33-2)20(17-10-7-11-17)21(29-32(23)25)24-26-12-13-31(24)15-16-8-5-4-6-9-16/h4-14H,3,15H2,1-2H3. The summed E-state index contributed by atoms with van der Waals surface area (Å²) in [6.45, 7) is 2.97. The number of allylic oxidation sites excluding steroid dienone is 4. The molecule has 1 aliphatic rings. The Balaban J connectivity index is 1.55. The van der Waals surface area contributed by atoms with E-state index < -0.39 is 0 Å². The number of ether oxygens (including phenoxy) is 2. The van der Waals surface area contributed by atoms with E-state index >= 15 is 0 Å². The van der Waals surface area contributed by atoms with Crippen LogP contribution in [0.1, 0.15) is 18.1 Å². The smallest absolute Gasteiger partial charge is 0.311 e. The van der Waals surface area contributed by atoms with Gasteiger partial charge in [-0.2, -0.15) is 9.61 Å². The average Bonchev–Trinajstić information content (AvgIpc) is 3.58. The second kappa shape index (κ2) is 8.56. The van der Waals surface area contributed by atoms with E-state index in [9.17, 15) is 0 Å². The molecular formula is C25H21N7O3. The molecule has 10 heteroatoms. The zero-order valence-corrected chi connectivity index (χ0v) is 19.1. The van der Waals surface area contributed by atoms with Gasteiger partial charge in [-0.3, -0.25) is 0 Å². The largest absolute Gasteiger partial charge is 0.492 e. The van der Waals surface area contributed by atoms with Gasteiger partial charge in [0.25, 0.3) is 0 Å². The summed E-state index contributed by atoms with van der Waals surface area (Å²) >= 11 is 0. The van der Waals surface area contributed by atoms with Gasteiger partial charge in [0, 0.05) is 18.9 Å². The van der Waals surface area contributed by atoms with Crippen LogP contribution in [0, 0.1) is 0 Å². The first-order valence-electron chi connectivity index (χ1n) is 11.1. The molecule has 6 rings (SSSR count). The molecule has 0 aliphatic heterocycles. The summed E-state index contributed by atoms with van der Waals surface area (Å²) < 4.78 is 20.2. The molecule has 0 unspecified atom stereocenters. The number of hydrogen-bond donors (Lipinski definition) is 0. The predicted molar refractivity (Wildman–Crippen MR) is 128 cm³/mol. The third kappa shape index (κ3) is 3.55. The molecular weight excluding hydrogens is 446 g/mol. The number of nitrogens with zero attached hydrogens (tertiary/aromatic N) is 7. The number of hydrogen-bond acceptors (Lipinski definition) is 8. The van der Waals surface area contributed by atoms with Crippen LogP contribution in [0.3, 0.4) is 0 Å². The average molecular weight is 467 g/mol. The first-order valence-corrected chi connectivity index (χ1v) is 11.1. The van der Waals surface area contributed by atoms with Crippen LogP contribution >= 0.6 is 0 Å². The van der Waals surface area contributed by atoms with Crippen molar-refractivity contribution in [1.29, 1.82) is 0 Å². The lowest BCUT2D eigenvalue weighted by atomic mass is 9.97. The maximum atomic E-state index is 5.86. The fraction of sp³-hybridized carbons (Fsp3) is 0.160. The summed E-state index contributed by atoms with van der Waals surface area (Å²) in [6.07, 6.45) is 9.69. The summed E-state index contributed by atoms with van der Waals surface area (Å²) in [7, 11) is 1.61. The van der Waals surface area contributed by atoms with Crippen molar-refractivity contribution in [1.82, 2.24) is 34.5 Å². The van der Waals surface area contributed by atoms with Crippen molar-refractivity contribution >= 4 is 11.2 Å². The van der Waals surface area contributed by atoms with E-state index in [4.69, 9.17) is 19.1 Å². The zero-order valence-electron chi connectivity index (χ0n) is 19.1. The highest BCUT2D eigenvalue weighted by Gasteiger charge is 2.27. The summed E-state index contributed by atoms with van der Waals surface area (Å²) in [6, 6.07) is 11.9. The highest BCUT2D eigenvalue weighted by atomic mass is 16.6. The Kier molecular flexibility index (Phi) is 5.10. The molecule has 0 radical (unpaired) electrons. The summed E-state index contributed by atoms with van der Waals surface area (Å²) in [5.74, 6) is 1.94. The van der Waals surface area contributed by atoms with Gasteiger partial charge >= 0.3 is 5.95 Å². The van der Waals surface area contributed by atoms with E-state index in [2.05, 4.69) is 37.0 Å². The van der Waals surface area contributed by atoms with Gasteiger partial charge in [-0.05, 0) is 18.1 Å².